The lowest BCUT2D eigenvalue weighted by atomic mass is 9.95. The SMILES string of the molecule is Cc1ccc(NC(=O)NCCC2CCN(S(=O)(=O)c3ccc(F)cc3)CC2)cc1Cl. The van der Waals surface area contributed by atoms with Crippen LogP contribution < -0.4 is 10.6 Å². The second kappa shape index (κ2) is 9.76. The molecule has 162 valence electrons. The average Bonchev–Trinajstić information content (AvgIpc) is 2.71. The van der Waals surface area contributed by atoms with Crippen LogP contribution in [0.4, 0.5) is 14.9 Å². The Morgan fingerprint density at radius 1 is 1.17 bits per heavy atom. The molecule has 0 aromatic heterocycles. The van der Waals surface area contributed by atoms with Gasteiger partial charge in [-0.1, -0.05) is 17.7 Å². The molecule has 6 nitrogen and oxygen atoms in total. The number of piperidine rings is 1. The highest BCUT2D eigenvalue weighted by Crippen LogP contribution is 2.25. The van der Waals surface area contributed by atoms with Crippen LogP contribution in [0.25, 0.3) is 0 Å². The van der Waals surface area contributed by atoms with Crippen LogP contribution in [0.3, 0.4) is 0 Å². The second-order valence-electron chi connectivity index (χ2n) is 7.43. The van der Waals surface area contributed by atoms with Crippen molar-refractivity contribution in [3.8, 4) is 0 Å². The Bertz CT molecular complexity index is 991. The molecular formula is C21H25ClFN3O3S. The van der Waals surface area contributed by atoms with Gasteiger partial charge in [-0.15, -0.1) is 0 Å². The number of halogens is 2. The van der Waals surface area contributed by atoms with Gasteiger partial charge in [-0.3, -0.25) is 0 Å². The first-order valence-corrected chi connectivity index (χ1v) is 11.6. The van der Waals surface area contributed by atoms with Crippen LogP contribution >= 0.6 is 11.6 Å². The zero-order valence-electron chi connectivity index (χ0n) is 16.7. The Balaban J connectivity index is 1.42. The summed E-state index contributed by atoms with van der Waals surface area (Å²) in [6.45, 7) is 3.22. The van der Waals surface area contributed by atoms with E-state index in [1.165, 1.54) is 16.4 Å². The number of benzene rings is 2. The predicted octanol–water partition coefficient (Wildman–Crippen LogP) is 4.40. The Hall–Kier alpha value is -2.16. The highest BCUT2D eigenvalue weighted by Gasteiger charge is 2.29. The number of nitrogens with zero attached hydrogens (tertiary/aromatic N) is 1. The Labute approximate surface area is 181 Å². The van der Waals surface area contributed by atoms with E-state index in [1.54, 1.807) is 12.1 Å². The molecular weight excluding hydrogens is 429 g/mol. The van der Waals surface area contributed by atoms with Crippen LogP contribution in [0.5, 0.6) is 0 Å². The molecule has 0 saturated carbocycles. The van der Waals surface area contributed by atoms with Crippen LogP contribution in [0, 0.1) is 18.7 Å². The van der Waals surface area contributed by atoms with E-state index in [4.69, 9.17) is 11.6 Å². The van der Waals surface area contributed by atoms with Gasteiger partial charge in [0.05, 0.1) is 4.90 Å². The molecule has 2 N–H and O–H groups in total. The zero-order valence-corrected chi connectivity index (χ0v) is 18.3. The number of urea groups is 1. The molecule has 2 aromatic rings. The molecule has 2 aromatic carbocycles. The molecule has 30 heavy (non-hydrogen) atoms. The number of amides is 2. The van der Waals surface area contributed by atoms with Gasteiger partial charge in [-0.25, -0.2) is 17.6 Å². The van der Waals surface area contributed by atoms with Gasteiger partial charge in [0.2, 0.25) is 10.0 Å². The van der Waals surface area contributed by atoms with Crippen molar-refractivity contribution < 1.29 is 17.6 Å². The van der Waals surface area contributed by atoms with Crippen LogP contribution in [0.2, 0.25) is 5.02 Å². The van der Waals surface area contributed by atoms with Crippen molar-refractivity contribution in [1.82, 2.24) is 9.62 Å². The second-order valence-corrected chi connectivity index (χ2v) is 9.78. The Morgan fingerprint density at radius 2 is 1.83 bits per heavy atom. The first-order chi connectivity index (χ1) is 14.3. The van der Waals surface area contributed by atoms with E-state index in [1.807, 2.05) is 13.0 Å². The third kappa shape index (κ3) is 5.71. The zero-order chi connectivity index (χ0) is 21.7. The number of carbonyl (C=O) groups is 1. The van der Waals surface area contributed by atoms with E-state index < -0.39 is 15.8 Å². The Kier molecular flexibility index (Phi) is 7.33. The maximum atomic E-state index is 13.1. The van der Waals surface area contributed by atoms with Gasteiger partial charge in [0.25, 0.3) is 0 Å². The highest BCUT2D eigenvalue weighted by atomic mass is 35.5. The van der Waals surface area contributed by atoms with Crippen molar-refractivity contribution >= 4 is 33.3 Å². The molecule has 3 rings (SSSR count). The minimum Gasteiger partial charge on any atom is -0.338 e. The predicted molar refractivity (Wildman–Crippen MR) is 116 cm³/mol. The average molecular weight is 454 g/mol. The summed E-state index contributed by atoms with van der Waals surface area (Å²) >= 11 is 6.06. The van der Waals surface area contributed by atoms with Crippen molar-refractivity contribution in [2.75, 3.05) is 25.0 Å². The molecule has 0 bridgehead atoms. The number of hydrogen-bond acceptors (Lipinski definition) is 3. The van der Waals surface area contributed by atoms with Crippen molar-refractivity contribution in [3.63, 3.8) is 0 Å². The van der Waals surface area contributed by atoms with Crippen molar-refractivity contribution in [1.29, 1.82) is 0 Å². The van der Waals surface area contributed by atoms with Crippen molar-refractivity contribution in [2.24, 2.45) is 5.92 Å². The molecule has 9 heteroatoms. The molecule has 1 saturated heterocycles. The third-order valence-corrected chi connectivity index (χ3v) is 7.61. The summed E-state index contributed by atoms with van der Waals surface area (Å²) < 4.78 is 39.8. The molecule has 1 aliphatic heterocycles. The lowest BCUT2D eigenvalue weighted by Crippen LogP contribution is -2.39. The fourth-order valence-electron chi connectivity index (χ4n) is 3.43. The smallest absolute Gasteiger partial charge is 0.319 e. The summed E-state index contributed by atoms with van der Waals surface area (Å²) in [6.07, 6.45) is 2.21. The molecule has 2 amide bonds. The molecule has 1 fully saturated rings. The van der Waals surface area contributed by atoms with Gasteiger partial charge < -0.3 is 10.6 Å². The minimum atomic E-state index is -3.60. The summed E-state index contributed by atoms with van der Waals surface area (Å²) in [5, 5.41) is 6.17. The molecule has 0 radical (unpaired) electrons. The summed E-state index contributed by atoms with van der Waals surface area (Å²) in [4.78, 5) is 12.1. The van der Waals surface area contributed by atoms with E-state index in [-0.39, 0.29) is 10.9 Å². The van der Waals surface area contributed by atoms with Crippen molar-refractivity contribution in [2.45, 2.75) is 31.1 Å². The number of rotatable bonds is 6. The summed E-state index contributed by atoms with van der Waals surface area (Å²) in [6, 6.07) is 9.92. The molecule has 1 aliphatic rings. The number of aryl methyl sites for hydroxylation is 1. The lowest BCUT2D eigenvalue weighted by Gasteiger charge is -2.31. The number of carbonyl (C=O) groups excluding carboxylic acids is 1. The summed E-state index contributed by atoms with van der Waals surface area (Å²) in [7, 11) is -3.60. The van der Waals surface area contributed by atoms with E-state index in [0.29, 0.717) is 36.3 Å². The number of hydrogen-bond donors (Lipinski definition) is 2. The van der Waals surface area contributed by atoms with Crippen LogP contribution in [-0.2, 0) is 10.0 Å². The number of anilines is 1. The van der Waals surface area contributed by atoms with E-state index in [0.717, 1.165) is 37.0 Å². The molecule has 1 heterocycles. The van der Waals surface area contributed by atoms with Gasteiger partial charge in [-0.05, 0) is 74.1 Å². The summed E-state index contributed by atoms with van der Waals surface area (Å²) in [5.41, 5.74) is 1.57. The molecule has 0 unspecified atom stereocenters. The van der Waals surface area contributed by atoms with Gasteiger partial charge in [0, 0.05) is 30.3 Å². The maximum absolute atomic E-state index is 13.1. The molecule has 0 atom stereocenters. The number of sulfonamides is 1. The van der Waals surface area contributed by atoms with Gasteiger partial charge in [0.1, 0.15) is 5.82 Å². The van der Waals surface area contributed by atoms with Crippen LogP contribution in [-0.4, -0.2) is 38.4 Å². The molecule has 0 spiro atoms. The minimum absolute atomic E-state index is 0.108. The van der Waals surface area contributed by atoms with E-state index in [2.05, 4.69) is 10.6 Å². The fraction of sp³-hybridized carbons (Fsp3) is 0.381. The maximum Gasteiger partial charge on any atom is 0.319 e. The lowest BCUT2D eigenvalue weighted by molar-refractivity contribution is 0.245. The highest BCUT2D eigenvalue weighted by molar-refractivity contribution is 7.89. The molecule has 0 aliphatic carbocycles. The summed E-state index contributed by atoms with van der Waals surface area (Å²) in [5.74, 6) is -0.131. The van der Waals surface area contributed by atoms with Gasteiger partial charge in [-0.2, -0.15) is 4.31 Å². The topological polar surface area (TPSA) is 78.5 Å². The third-order valence-electron chi connectivity index (χ3n) is 5.29. The van der Waals surface area contributed by atoms with Gasteiger partial charge in [0.15, 0.2) is 0 Å². The van der Waals surface area contributed by atoms with Crippen molar-refractivity contribution in [3.05, 3.63) is 58.9 Å². The largest absolute Gasteiger partial charge is 0.338 e. The van der Waals surface area contributed by atoms with Crippen LogP contribution in [0.1, 0.15) is 24.8 Å². The monoisotopic (exact) mass is 453 g/mol. The Morgan fingerprint density at radius 3 is 2.47 bits per heavy atom. The normalized spacial score (nSPS) is 15.7. The fourth-order valence-corrected chi connectivity index (χ4v) is 5.08. The van der Waals surface area contributed by atoms with E-state index in [9.17, 15) is 17.6 Å². The quantitative estimate of drug-likeness (QED) is 0.680. The van der Waals surface area contributed by atoms with Gasteiger partial charge >= 0.3 is 6.03 Å². The standard InChI is InChI=1S/C21H25ClFN3O3S/c1-15-2-5-18(14-20(15)22)25-21(27)24-11-8-16-9-12-26(13-10-16)30(28,29)19-6-3-17(23)4-7-19/h2-7,14,16H,8-13H2,1H3,(H2,24,25,27). The first kappa shape index (κ1) is 22.5. The van der Waals surface area contributed by atoms with E-state index >= 15 is 0 Å². The number of nitrogens with one attached hydrogen (secondary N) is 2. The first-order valence-electron chi connectivity index (χ1n) is 9.82. The van der Waals surface area contributed by atoms with Crippen LogP contribution in [0.15, 0.2) is 47.4 Å².